The molecule has 0 unspecified atom stereocenters. The Labute approximate surface area is 71.3 Å². The third-order valence-electron chi connectivity index (χ3n) is 2.29. The molecular weight excluding hydrogens is 153 g/mol. The van der Waals surface area contributed by atoms with Crippen LogP contribution in [-0.2, 0) is 11.3 Å². The van der Waals surface area contributed by atoms with Crippen molar-refractivity contribution in [3.8, 4) is 0 Å². The van der Waals surface area contributed by atoms with Crippen LogP contribution >= 0.6 is 0 Å². The molecule has 0 atom stereocenters. The average Bonchev–Trinajstić information content (AvgIpc) is 2.41. The topological polar surface area (TPSA) is 55.5 Å². The summed E-state index contributed by atoms with van der Waals surface area (Å²) in [5, 5.41) is 9.41. The number of hydrogen-bond donors (Lipinski definition) is 2. The first kappa shape index (κ1) is 7.64. The summed E-state index contributed by atoms with van der Waals surface area (Å²) in [5.74, 6) is 0. The van der Waals surface area contributed by atoms with Crippen LogP contribution in [0.2, 0.25) is 0 Å². The van der Waals surface area contributed by atoms with Crippen LogP contribution in [0, 0.1) is 6.92 Å². The van der Waals surface area contributed by atoms with Gasteiger partial charge in [0.05, 0.1) is 6.61 Å². The standard InChI is InChI=1S/C8H10BNO2/c1-5-7(10)3-2-6-4-12-9(11)8(5)6/h2-3,11H,4,10H2,1H3. The fraction of sp³-hybridized carbons (Fsp3) is 0.250. The lowest BCUT2D eigenvalue weighted by Crippen LogP contribution is -2.31. The molecule has 4 heteroatoms. The Hall–Kier alpha value is -0.995. The highest BCUT2D eigenvalue weighted by atomic mass is 16.5. The quantitative estimate of drug-likeness (QED) is 0.411. The molecule has 0 saturated heterocycles. The minimum atomic E-state index is -0.788. The normalized spacial score (nSPS) is 15.0. The summed E-state index contributed by atoms with van der Waals surface area (Å²) in [4.78, 5) is 0. The Morgan fingerprint density at radius 1 is 1.58 bits per heavy atom. The number of anilines is 1. The average molecular weight is 163 g/mol. The zero-order valence-corrected chi connectivity index (χ0v) is 6.87. The first-order valence-electron chi connectivity index (χ1n) is 3.87. The van der Waals surface area contributed by atoms with Gasteiger partial charge in [-0.1, -0.05) is 6.07 Å². The minimum Gasteiger partial charge on any atom is -0.423 e. The second kappa shape index (κ2) is 2.50. The van der Waals surface area contributed by atoms with E-state index in [0.29, 0.717) is 12.3 Å². The van der Waals surface area contributed by atoms with E-state index in [1.807, 2.05) is 19.1 Å². The smallest absolute Gasteiger partial charge is 0.423 e. The highest BCUT2D eigenvalue weighted by molar-refractivity contribution is 6.62. The van der Waals surface area contributed by atoms with Gasteiger partial charge in [-0.25, -0.2) is 0 Å². The van der Waals surface area contributed by atoms with Gasteiger partial charge in [0.15, 0.2) is 0 Å². The first-order valence-corrected chi connectivity index (χ1v) is 3.87. The molecule has 62 valence electrons. The number of hydrogen-bond acceptors (Lipinski definition) is 3. The highest BCUT2D eigenvalue weighted by Gasteiger charge is 2.29. The van der Waals surface area contributed by atoms with Crippen molar-refractivity contribution in [1.29, 1.82) is 0 Å². The maximum atomic E-state index is 9.41. The van der Waals surface area contributed by atoms with Crippen molar-refractivity contribution in [3.63, 3.8) is 0 Å². The van der Waals surface area contributed by atoms with Gasteiger partial charge >= 0.3 is 7.12 Å². The summed E-state index contributed by atoms with van der Waals surface area (Å²) in [5.41, 5.74) is 9.20. The van der Waals surface area contributed by atoms with Crippen LogP contribution in [0.5, 0.6) is 0 Å². The van der Waals surface area contributed by atoms with Crippen molar-refractivity contribution >= 4 is 18.3 Å². The SMILES string of the molecule is Cc1c(N)ccc2c1B(O)OC2. The molecule has 1 aromatic rings. The van der Waals surface area contributed by atoms with Crippen LogP contribution in [0.25, 0.3) is 0 Å². The van der Waals surface area contributed by atoms with Crippen LogP contribution in [-0.4, -0.2) is 12.1 Å². The Kier molecular flexibility index (Phi) is 1.59. The molecule has 0 saturated carbocycles. The van der Waals surface area contributed by atoms with E-state index in [1.165, 1.54) is 0 Å². The van der Waals surface area contributed by atoms with E-state index in [2.05, 4.69) is 0 Å². The number of benzene rings is 1. The van der Waals surface area contributed by atoms with Gasteiger partial charge in [-0.2, -0.15) is 0 Å². The van der Waals surface area contributed by atoms with Crippen LogP contribution in [0.15, 0.2) is 12.1 Å². The molecule has 0 aromatic heterocycles. The summed E-state index contributed by atoms with van der Waals surface area (Å²) in [6, 6.07) is 3.74. The van der Waals surface area contributed by atoms with Crippen LogP contribution in [0.1, 0.15) is 11.1 Å². The maximum absolute atomic E-state index is 9.41. The molecule has 1 aromatic carbocycles. The molecule has 0 aliphatic carbocycles. The molecule has 0 bridgehead atoms. The number of nitrogens with two attached hydrogens (primary N) is 1. The molecule has 0 fully saturated rings. The maximum Gasteiger partial charge on any atom is 0.492 e. The summed E-state index contributed by atoms with van der Waals surface area (Å²) >= 11 is 0. The van der Waals surface area contributed by atoms with Crippen molar-refractivity contribution in [2.45, 2.75) is 13.5 Å². The van der Waals surface area contributed by atoms with Crippen LogP contribution in [0.4, 0.5) is 5.69 Å². The van der Waals surface area contributed by atoms with Crippen molar-refractivity contribution in [2.24, 2.45) is 0 Å². The largest absolute Gasteiger partial charge is 0.492 e. The molecule has 1 aliphatic heterocycles. The predicted molar refractivity (Wildman–Crippen MR) is 48.0 cm³/mol. The molecule has 3 N–H and O–H groups in total. The fourth-order valence-corrected chi connectivity index (χ4v) is 1.52. The number of nitrogen functional groups attached to an aromatic ring is 1. The zero-order valence-electron chi connectivity index (χ0n) is 6.87. The van der Waals surface area contributed by atoms with Gasteiger partial charge < -0.3 is 15.4 Å². The molecule has 0 spiro atoms. The van der Waals surface area contributed by atoms with E-state index in [0.717, 1.165) is 16.6 Å². The van der Waals surface area contributed by atoms with E-state index in [1.54, 1.807) is 0 Å². The number of fused-ring (bicyclic) bond motifs is 1. The van der Waals surface area contributed by atoms with E-state index >= 15 is 0 Å². The molecule has 2 rings (SSSR count). The van der Waals surface area contributed by atoms with Crippen LogP contribution in [0.3, 0.4) is 0 Å². The van der Waals surface area contributed by atoms with Crippen molar-refractivity contribution in [1.82, 2.24) is 0 Å². The van der Waals surface area contributed by atoms with E-state index in [4.69, 9.17) is 10.4 Å². The third kappa shape index (κ3) is 0.923. The number of rotatable bonds is 0. The summed E-state index contributed by atoms with van der Waals surface area (Å²) < 4.78 is 5.06. The summed E-state index contributed by atoms with van der Waals surface area (Å²) in [7, 11) is -0.788. The Balaban J connectivity index is 2.63. The van der Waals surface area contributed by atoms with Gasteiger partial charge in [0.25, 0.3) is 0 Å². The lowest BCUT2D eigenvalue weighted by molar-refractivity contribution is 0.275. The van der Waals surface area contributed by atoms with E-state index < -0.39 is 7.12 Å². The van der Waals surface area contributed by atoms with Gasteiger partial charge in [-0.05, 0) is 29.6 Å². The third-order valence-corrected chi connectivity index (χ3v) is 2.29. The minimum absolute atomic E-state index is 0.484. The predicted octanol–water partition coefficient (Wildman–Crippen LogP) is -0.205. The lowest BCUT2D eigenvalue weighted by atomic mass is 9.76. The van der Waals surface area contributed by atoms with Crippen molar-refractivity contribution in [2.75, 3.05) is 5.73 Å². The van der Waals surface area contributed by atoms with Crippen molar-refractivity contribution < 1.29 is 9.68 Å². The van der Waals surface area contributed by atoms with E-state index in [-0.39, 0.29) is 0 Å². The monoisotopic (exact) mass is 163 g/mol. The fourth-order valence-electron chi connectivity index (χ4n) is 1.52. The molecule has 3 nitrogen and oxygen atoms in total. The Bertz CT molecular complexity index is 327. The Morgan fingerprint density at radius 3 is 3.08 bits per heavy atom. The second-order valence-corrected chi connectivity index (χ2v) is 3.02. The highest BCUT2D eigenvalue weighted by Crippen LogP contribution is 2.16. The molecule has 0 radical (unpaired) electrons. The first-order chi connectivity index (χ1) is 5.70. The lowest BCUT2D eigenvalue weighted by Gasteiger charge is -2.05. The van der Waals surface area contributed by atoms with Crippen LogP contribution < -0.4 is 11.2 Å². The van der Waals surface area contributed by atoms with Gasteiger partial charge in [0.1, 0.15) is 0 Å². The van der Waals surface area contributed by atoms with Crippen molar-refractivity contribution in [3.05, 3.63) is 23.3 Å². The second-order valence-electron chi connectivity index (χ2n) is 3.02. The van der Waals surface area contributed by atoms with E-state index in [9.17, 15) is 5.02 Å². The van der Waals surface area contributed by atoms with Gasteiger partial charge in [0.2, 0.25) is 0 Å². The molecule has 0 amide bonds. The Morgan fingerprint density at radius 2 is 2.33 bits per heavy atom. The van der Waals surface area contributed by atoms with Gasteiger partial charge in [-0.15, -0.1) is 0 Å². The summed E-state index contributed by atoms with van der Waals surface area (Å²) in [6.07, 6.45) is 0. The van der Waals surface area contributed by atoms with Gasteiger partial charge in [0, 0.05) is 5.69 Å². The zero-order chi connectivity index (χ0) is 8.72. The molecule has 1 aliphatic rings. The molecule has 12 heavy (non-hydrogen) atoms. The molecular formula is C8H10BNO2. The molecule has 1 heterocycles. The summed E-state index contributed by atoms with van der Waals surface area (Å²) in [6.45, 7) is 2.38. The van der Waals surface area contributed by atoms with Gasteiger partial charge in [-0.3, -0.25) is 0 Å².